The number of rotatable bonds is 6. The molecule has 0 aromatic heterocycles. The number of amides is 1. The van der Waals surface area contributed by atoms with Crippen molar-refractivity contribution in [3.63, 3.8) is 0 Å². The molecule has 0 saturated heterocycles. The van der Waals surface area contributed by atoms with Crippen LogP contribution in [-0.2, 0) is 4.79 Å². The van der Waals surface area contributed by atoms with Gasteiger partial charge in [-0.2, -0.15) is 12.6 Å². The van der Waals surface area contributed by atoms with Crippen molar-refractivity contribution in [1.82, 2.24) is 5.32 Å². The molecule has 18 heavy (non-hydrogen) atoms. The molecule has 2 aliphatic rings. The summed E-state index contributed by atoms with van der Waals surface area (Å²) >= 11 is 4.36. The molecule has 104 valence electrons. The van der Waals surface area contributed by atoms with Gasteiger partial charge in [-0.05, 0) is 55.6 Å². The zero-order valence-electron chi connectivity index (χ0n) is 11.6. The van der Waals surface area contributed by atoms with Gasteiger partial charge in [0.2, 0.25) is 5.91 Å². The third-order valence-electron chi connectivity index (χ3n) is 4.74. The Balaban J connectivity index is 1.66. The van der Waals surface area contributed by atoms with Gasteiger partial charge in [-0.1, -0.05) is 19.8 Å². The topological polar surface area (TPSA) is 29.1 Å². The molecule has 1 N–H and O–H groups in total. The van der Waals surface area contributed by atoms with E-state index >= 15 is 0 Å². The molecule has 0 atom stereocenters. The first kappa shape index (κ1) is 14.2. The van der Waals surface area contributed by atoms with Crippen LogP contribution in [0.5, 0.6) is 0 Å². The van der Waals surface area contributed by atoms with E-state index in [4.69, 9.17) is 0 Å². The van der Waals surface area contributed by atoms with Crippen LogP contribution >= 0.6 is 12.6 Å². The number of hydrogen-bond donors (Lipinski definition) is 2. The van der Waals surface area contributed by atoms with Crippen molar-refractivity contribution < 1.29 is 4.79 Å². The summed E-state index contributed by atoms with van der Waals surface area (Å²) < 4.78 is 0. The summed E-state index contributed by atoms with van der Waals surface area (Å²) in [5.74, 6) is 2.04. The molecule has 3 heteroatoms. The smallest absolute Gasteiger partial charge is 0.220 e. The SMILES string of the molecule is CCCC1CCC(NC(=O)CC2(CS)CC2)CC1. The molecule has 2 aliphatic carbocycles. The van der Waals surface area contributed by atoms with Gasteiger partial charge < -0.3 is 5.32 Å². The number of nitrogens with one attached hydrogen (secondary N) is 1. The molecule has 2 saturated carbocycles. The van der Waals surface area contributed by atoms with Crippen molar-refractivity contribution in [2.45, 2.75) is 70.8 Å². The van der Waals surface area contributed by atoms with Crippen LogP contribution in [0.4, 0.5) is 0 Å². The van der Waals surface area contributed by atoms with Crippen molar-refractivity contribution in [2.75, 3.05) is 5.75 Å². The fourth-order valence-electron chi connectivity index (χ4n) is 3.19. The van der Waals surface area contributed by atoms with E-state index in [9.17, 15) is 4.79 Å². The van der Waals surface area contributed by atoms with Gasteiger partial charge >= 0.3 is 0 Å². The first-order chi connectivity index (χ1) is 8.67. The van der Waals surface area contributed by atoms with Crippen LogP contribution in [0.2, 0.25) is 0 Å². The van der Waals surface area contributed by atoms with E-state index in [2.05, 4.69) is 24.9 Å². The van der Waals surface area contributed by atoms with E-state index in [1.54, 1.807) is 0 Å². The molecule has 0 aliphatic heterocycles. The highest BCUT2D eigenvalue weighted by molar-refractivity contribution is 7.80. The fraction of sp³-hybridized carbons (Fsp3) is 0.933. The Kier molecular flexibility index (Phi) is 4.99. The molecule has 0 radical (unpaired) electrons. The Bertz CT molecular complexity index is 280. The van der Waals surface area contributed by atoms with Crippen LogP contribution in [-0.4, -0.2) is 17.7 Å². The summed E-state index contributed by atoms with van der Waals surface area (Å²) in [5, 5.41) is 3.24. The summed E-state index contributed by atoms with van der Waals surface area (Å²) in [6.07, 6.45) is 10.7. The molecular weight excluding hydrogens is 242 g/mol. The maximum atomic E-state index is 12.0. The molecule has 0 spiro atoms. The Morgan fingerprint density at radius 3 is 2.44 bits per heavy atom. The van der Waals surface area contributed by atoms with Crippen molar-refractivity contribution >= 4 is 18.5 Å². The monoisotopic (exact) mass is 269 g/mol. The van der Waals surface area contributed by atoms with Gasteiger partial charge in [-0.25, -0.2) is 0 Å². The molecular formula is C15H27NOS. The van der Waals surface area contributed by atoms with Crippen LogP contribution in [0, 0.1) is 11.3 Å². The van der Waals surface area contributed by atoms with Crippen LogP contribution in [0.15, 0.2) is 0 Å². The zero-order valence-corrected chi connectivity index (χ0v) is 12.5. The van der Waals surface area contributed by atoms with Gasteiger partial charge in [0.15, 0.2) is 0 Å². The highest BCUT2D eigenvalue weighted by atomic mass is 32.1. The van der Waals surface area contributed by atoms with E-state index in [1.165, 1.54) is 51.4 Å². The van der Waals surface area contributed by atoms with Gasteiger partial charge in [0.05, 0.1) is 0 Å². The number of hydrogen-bond acceptors (Lipinski definition) is 2. The number of thiol groups is 1. The highest BCUT2D eigenvalue weighted by Crippen LogP contribution is 2.49. The Morgan fingerprint density at radius 2 is 1.94 bits per heavy atom. The Morgan fingerprint density at radius 1 is 1.28 bits per heavy atom. The molecule has 1 amide bonds. The molecule has 0 aromatic carbocycles. The van der Waals surface area contributed by atoms with Gasteiger partial charge in [-0.3, -0.25) is 4.79 Å². The molecule has 0 aromatic rings. The molecule has 2 fully saturated rings. The molecule has 2 rings (SSSR count). The normalized spacial score (nSPS) is 29.9. The standard InChI is InChI=1S/C15H27NOS/c1-2-3-12-4-6-13(7-5-12)16-14(17)10-15(11-18)8-9-15/h12-13,18H,2-11H2,1H3,(H,16,17). The first-order valence-electron chi connectivity index (χ1n) is 7.58. The minimum Gasteiger partial charge on any atom is -0.353 e. The zero-order chi connectivity index (χ0) is 13.0. The lowest BCUT2D eigenvalue weighted by molar-refractivity contribution is -0.123. The summed E-state index contributed by atoms with van der Waals surface area (Å²) in [6, 6.07) is 0.446. The predicted molar refractivity (Wildman–Crippen MR) is 78.9 cm³/mol. The van der Waals surface area contributed by atoms with E-state index < -0.39 is 0 Å². The average Bonchev–Trinajstić information content (AvgIpc) is 3.12. The molecule has 0 bridgehead atoms. The van der Waals surface area contributed by atoms with Crippen molar-refractivity contribution in [3.05, 3.63) is 0 Å². The van der Waals surface area contributed by atoms with Crippen LogP contribution in [0.1, 0.15) is 64.7 Å². The largest absolute Gasteiger partial charge is 0.353 e. The van der Waals surface area contributed by atoms with Gasteiger partial charge in [0.25, 0.3) is 0 Å². The third-order valence-corrected chi connectivity index (χ3v) is 5.41. The van der Waals surface area contributed by atoms with Crippen LogP contribution in [0.25, 0.3) is 0 Å². The fourth-order valence-corrected chi connectivity index (χ4v) is 3.62. The van der Waals surface area contributed by atoms with Gasteiger partial charge in [-0.15, -0.1) is 0 Å². The second kappa shape index (κ2) is 6.31. The van der Waals surface area contributed by atoms with Crippen molar-refractivity contribution in [1.29, 1.82) is 0 Å². The maximum absolute atomic E-state index is 12.0. The number of carbonyl (C=O) groups is 1. The first-order valence-corrected chi connectivity index (χ1v) is 8.21. The second-order valence-electron chi connectivity index (χ2n) is 6.41. The summed E-state index contributed by atoms with van der Waals surface area (Å²) in [6.45, 7) is 2.26. The van der Waals surface area contributed by atoms with Crippen molar-refractivity contribution in [2.24, 2.45) is 11.3 Å². The van der Waals surface area contributed by atoms with Gasteiger partial charge in [0.1, 0.15) is 0 Å². The third kappa shape index (κ3) is 3.91. The van der Waals surface area contributed by atoms with E-state index in [0.29, 0.717) is 12.5 Å². The summed E-state index contributed by atoms with van der Waals surface area (Å²) in [7, 11) is 0. The van der Waals surface area contributed by atoms with Crippen LogP contribution < -0.4 is 5.32 Å². The lowest BCUT2D eigenvalue weighted by atomic mass is 9.83. The van der Waals surface area contributed by atoms with Crippen molar-refractivity contribution in [3.8, 4) is 0 Å². The lowest BCUT2D eigenvalue weighted by Crippen LogP contribution is -2.38. The molecule has 0 unspecified atom stereocenters. The van der Waals surface area contributed by atoms with E-state index in [0.717, 1.165) is 11.7 Å². The summed E-state index contributed by atoms with van der Waals surface area (Å²) in [5.41, 5.74) is 0.257. The Hall–Kier alpha value is -0.180. The van der Waals surface area contributed by atoms with Gasteiger partial charge in [0, 0.05) is 12.5 Å². The van der Waals surface area contributed by atoms with E-state index in [-0.39, 0.29) is 11.3 Å². The Labute approximate surface area is 117 Å². The minimum absolute atomic E-state index is 0.257. The quantitative estimate of drug-likeness (QED) is 0.709. The van der Waals surface area contributed by atoms with Crippen LogP contribution in [0.3, 0.4) is 0 Å². The maximum Gasteiger partial charge on any atom is 0.220 e. The molecule has 2 nitrogen and oxygen atoms in total. The molecule has 0 heterocycles. The van der Waals surface area contributed by atoms with E-state index in [1.807, 2.05) is 0 Å². The summed E-state index contributed by atoms with van der Waals surface area (Å²) in [4.78, 5) is 12.0. The minimum atomic E-state index is 0.257. The lowest BCUT2D eigenvalue weighted by Gasteiger charge is -2.29. The second-order valence-corrected chi connectivity index (χ2v) is 6.72. The highest BCUT2D eigenvalue weighted by Gasteiger charge is 2.43. The average molecular weight is 269 g/mol. The predicted octanol–water partition coefficient (Wildman–Crippen LogP) is 3.56. The number of carbonyl (C=O) groups excluding carboxylic acids is 1.